The third kappa shape index (κ3) is 2.86. The highest BCUT2D eigenvalue weighted by Crippen LogP contribution is 2.59. The Morgan fingerprint density at radius 2 is 1.65 bits per heavy atom. The number of rotatable bonds is 4. The highest BCUT2D eigenvalue weighted by atomic mass is 16.7. The molecule has 3 heteroatoms. The van der Waals surface area contributed by atoms with Gasteiger partial charge in [-0.2, -0.15) is 0 Å². The quantitative estimate of drug-likeness (QED) is 0.808. The fraction of sp³-hybridized carbons (Fsp3) is 0.650. The van der Waals surface area contributed by atoms with Gasteiger partial charge >= 0.3 is 6.16 Å². The normalized spacial score (nSPS) is 36.0. The van der Waals surface area contributed by atoms with Gasteiger partial charge in [0, 0.05) is 5.92 Å². The zero-order valence-corrected chi connectivity index (χ0v) is 13.8. The van der Waals surface area contributed by atoms with Gasteiger partial charge in [-0.25, -0.2) is 4.79 Å². The number of benzene rings is 1. The molecule has 4 aliphatic rings. The lowest BCUT2D eigenvalue weighted by Gasteiger charge is -2.56. The van der Waals surface area contributed by atoms with Crippen molar-refractivity contribution in [3.05, 3.63) is 35.4 Å². The van der Waals surface area contributed by atoms with Crippen LogP contribution in [0.15, 0.2) is 24.3 Å². The van der Waals surface area contributed by atoms with Crippen molar-refractivity contribution < 1.29 is 14.6 Å². The molecule has 124 valence electrons. The largest absolute Gasteiger partial charge is 0.505 e. The first-order valence-electron chi connectivity index (χ1n) is 9.02. The lowest BCUT2D eigenvalue weighted by atomic mass is 9.49. The van der Waals surface area contributed by atoms with Crippen molar-refractivity contribution in [2.24, 2.45) is 29.6 Å². The van der Waals surface area contributed by atoms with Gasteiger partial charge in [0.1, 0.15) is 6.61 Å². The second-order valence-electron chi connectivity index (χ2n) is 8.10. The third-order valence-corrected chi connectivity index (χ3v) is 6.66. The van der Waals surface area contributed by atoms with E-state index in [1.54, 1.807) is 0 Å². The van der Waals surface area contributed by atoms with Gasteiger partial charge < -0.3 is 9.84 Å². The molecular formula is C20H26O3. The smallest absolute Gasteiger partial charge is 0.450 e. The first kappa shape index (κ1) is 15.0. The van der Waals surface area contributed by atoms with Crippen LogP contribution in [-0.2, 0) is 4.74 Å². The Morgan fingerprint density at radius 1 is 1.09 bits per heavy atom. The second-order valence-corrected chi connectivity index (χ2v) is 8.10. The van der Waals surface area contributed by atoms with E-state index >= 15 is 0 Å². The number of hydrogen-bond donors (Lipinski definition) is 1. The maximum Gasteiger partial charge on any atom is 0.505 e. The summed E-state index contributed by atoms with van der Waals surface area (Å²) in [6, 6.07) is 8.63. The van der Waals surface area contributed by atoms with Gasteiger partial charge in [-0.3, -0.25) is 0 Å². The lowest BCUT2D eigenvalue weighted by Crippen LogP contribution is -2.47. The molecule has 0 aromatic heterocycles. The average Bonchev–Trinajstić information content (AvgIpc) is 2.50. The predicted octanol–water partition coefficient (Wildman–Crippen LogP) is 4.85. The van der Waals surface area contributed by atoms with E-state index in [-0.39, 0.29) is 5.92 Å². The van der Waals surface area contributed by atoms with Gasteiger partial charge in [0.05, 0.1) is 0 Å². The summed E-state index contributed by atoms with van der Waals surface area (Å²) in [4.78, 5) is 11.0. The van der Waals surface area contributed by atoms with E-state index in [2.05, 4.69) is 31.2 Å². The van der Waals surface area contributed by atoms with Crippen LogP contribution in [0.3, 0.4) is 0 Å². The van der Waals surface area contributed by atoms with Crippen molar-refractivity contribution in [3.63, 3.8) is 0 Å². The molecule has 4 bridgehead atoms. The summed E-state index contributed by atoms with van der Waals surface area (Å²) in [7, 11) is 0. The standard InChI is InChI=1S/C20H26O3/c1-12-2-4-15(5-3-12)18(11-23-20(21)22)19-16-7-13-6-14(9-16)10-17(19)8-13/h2-5,13-14,16-19H,6-11H2,1H3,(H,21,22). The van der Waals surface area contributed by atoms with Crippen LogP contribution in [0.25, 0.3) is 0 Å². The monoisotopic (exact) mass is 314 g/mol. The fourth-order valence-corrected chi connectivity index (χ4v) is 6.03. The molecule has 5 rings (SSSR count). The van der Waals surface area contributed by atoms with Crippen LogP contribution in [0.4, 0.5) is 4.79 Å². The number of hydrogen-bond acceptors (Lipinski definition) is 2. The van der Waals surface area contributed by atoms with Crippen molar-refractivity contribution in [3.8, 4) is 0 Å². The van der Waals surface area contributed by atoms with Crippen molar-refractivity contribution in [2.75, 3.05) is 6.61 Å². The van der Waals surface area contributed by atoms with E-state index in [9.17, 15) is 4.79 Å². The highest BCUT2D eigenvalue weighted by molar-refractivity contribution is 5.56. The minimum atomic E-state index is -1.15. The zero-order chi connectivity index (χ0) is 16.0. The first-order chi connectivity index (χ1) is 11.1. The Labute approximate surface area is 138 Å². The van der Waals surface area contributed by atoms with E-state index in [0.29, 0.717) is 12.5 Å². The molecule has 1 aromatic rings. The van der Waals surface area contributed by atoms with Gasteiger partial charge in [-0.15, -0.1) is 0 Å². The predicted molar refractivity (Wildman–Crippen MR) is 88.4 cm³/mol. The topological polar surface area (TPSA) is 46.5 Å². The van der Waals surface area contributed by atoms with Gasteiger partial charge in [-0.1, -0.05) is 29.8 Å². The molecule has 3 nitrogen and oxygen atoms in total. The first-order valence-corrected chi connectivity index (χ1v) is 9.02. The van der Waals surface area contributed by atoms with Crippen molar-refractivity contribution in [2.45, 2.75) is 44.9 Å². The summed E-state index contributed by atoms with van der Waals surface area (Å²) in [5, 5.41) is 8.98. The van der Waals surface area contributed by atoms with Gasteiger partial charge in [0.15, 0.2) is 0 Å². The summed E-state index contributed by atoms with van der Waals surface area (Å²) in [5.74, 6) is 4.25. The van der Waals surface area contributed by atoms with Crippen LogP contribution in [0.5, 0.6) is 0 Å². The van der Waals surface area contributed by atoms with E-state index in [1.807, 2.05) is 0 Å². The molecule has 1 N–H and O–H groups in total. The van der Waals surface area contributed by atoms with Gasteiger partial charge in [0.2, 0.25) is 0 Å². The molecule has 4 aliphatic carbocycles. The van der Waals surface area contributed by atoms with Crippen LogP contribution in [-0.4, -0.2) is 17.9 Å². The summed E-state index contributed by atoms with van der Waals surface area (Å²) in [6.45, 7) is 2.40. The summed E-state index contributed by atoms with van der Waals surface area (Å²) >= 11 is 0. The molecular weight excluding hydrogens is 288 g/mol. The van der Waals surface area contributed by atoms with Crippen LogP contribution >= 0.6 is 0 Å². The van der Waals surface area contributed by atoms with E-state index in [1.165, 1.54) is 43.2 Å². The Bertz CT molecular complexity index is 549. The van der Waals surface area contributed by atoms with E-state index < -0.39 is 6.16 Å². The molecule has 23 heavy (non-hydrogen) atoms. The van der Waals surface area contributed by atoms with E-state index in [4.69, 9.17) is 9.84 Å². The zero-order valence-electron chi connectivity index (χ0n) is 13.8. The second kappa shape index (κ2) is 5.85. The van der Waals surface area contributed by atoms with Crippen molar-refractivity contribution in [1.29, 1.82) is 0 Å². The molecule has 0 heterocycles. The molecule has 4 fully saturated rings. The molecule has 1 atom stereocenters. The summed E-state index contributed by atoms with van der Waals surface area (Å²) in [5.41, 5.74) is 2.51. The van der Waals surface area contributed by atoms with Crippen molar-refractivity contribution >= 4 is 6.16 Å². The van der Waals surface area contributed by atoms with Crippen LogP contribution in [0.2, 0.25) is 0 Å². The Balaban J connectivity index is 1.61. The molecule has 1 unspecified atom stereocenters. The molecule has 0 aliphatic heterocycles. The number of ether oxygens (including phenoxy) is 1. The van der Waals surface area contributed by atoms with E-state index in [0.717, 1.165) is 23.7 Å². The maximum absolute atomic E-state index is 11.0. The minimum Gasteiger partial charge on any atom is -0.450 e. The average molecular weight is 314 g/mol. The molecule has 0 saturated heterocycles. The third-order valence-electron chi connectivity index (χ3n) is 6.66. The van der Waals surface area contributed by atoms with Gasteiger partial charge in [0.25, 0.3) is 0 Å². The summed E-state index contributed by atoms with van der Waals surface area (Å²) in [6.07, 6.45) is 5.71. The summed E-state index contributed by atoms with van der Waals surface area (Å²) < 4.78 is 5.06. The molecule has 4 saturated carbocycles. The lowest BCUT2D eigenvalue weighted by molar-refractivity contribution is -0.0572. The number of aryl methyl sites for hydroxylation is 1. The Hall–Kier alpha value is -1.51. The number of carbonyl (C=O) groups is 1. The Morgan fingerprint density at radius 3 is 2.17 bits per heavy atom. The van der Waals surface area contributed by atoms with Crippen LogP contribution in [0.1, 0.15) is 49.1 Å². The highest BCUT2D eigenvalue weighted by Gasteiger charge is 2.50. The Kier molecular flexibility index (Phi) is 3.82. The minimum absolute atomic E-state index is 0.224. The van der Waals surface area contributed by atoms with Crippen LogP contribution < -0.4 is 0 Å². The van der Waals surface area contributed by atoms with Crippen molar-refractivity contribution in [1.82, 2.24) is 0 Å². The molecule has 0 spiro atoms. The molecule has 0 amide bonds. The SMILES string of the molecule is Cc1ccc(C(COC(=O)O)C2C3CC4CC(C3)CC2C4)cc1. The van der Waals surface area contributed by atoms with Crippen LogP contribution in [0, 0.1) is 36.5 Å². The molecule has 1 aromatic carbocycles. The van der Waals surface area contributed by atoms with Gasteiger partial charge in [-0.05, 0) is 74.2 Å². The number of carboxylic acid groups (broad SMARTS) is 1. The fourth-order valence-electron chi connectivity index (χ4n) is 6.03. The molecule has 0 radical (unpaired) electrons. The maximum atomic E-state index is 11.0.